The van der Waals surface area contributed by atoms with Crippen LogP contribution in [0, 0.1) is 24.1 Å². The molecule has 108 valence electrons. The van der Waals surface area contributed by atoms with Crippen LogP contribution in [0.15, 0.2) is 41.3 Å². The molecular formula is C14H12FN3O2S. The topological polar surface area (TPSA) is 96.0 Å². The number of nitrogen functional groups attached to an aromatic ring is 1. The second-order valence-corrected chi connectivity index (χ2v) is 6.08. The minimum atomic E-state index is -4.09. The summed E-state index contributed by atoms with van der Waals surface area (Å²) in [6.45, 7) is 1.59. The van der Waals surface area contributed by atoms with Crippen LogP contribution < -0.4 is 10.5 Å². The Morgan fingerprint density at radius 2 is 1.86 bits per heavy atom. The van der Waals surface area contributed by atoms with E-state index in [0.29, 0.717) is 11.1 Å². The number of rotatable bonds is 3. The number of nitrogens with one attached hydrogen (secondary N) is 1. The van der Waals surface area contributed by atoms with Gasteiger partial charge in [-0.1, -0.05) is 0 Å². The number of hydrogen-bond donors (Lipinski definition) is 2. The first-order valence-corrected chi connectivity index (χ1v) is 7.40. The van der Waals surface area contributed by atoms with Crippen LogP contribution >= 0.6 is 0 Å². The third-order valence-corrected chi connectivity index (χ3v) is 4.27. The summed E-state index contributed by atoms with van der Waals surface area (Å²) in [5.41, 5.74) is 6.90. The van der Waals surface area contributed by atoms with Crippen molar-refractivity contribution < 1.29 is 12.8 Å². The first kappa shape index (κ1) is 14.8. The van der Waals surface area contributed by atoms with Crippen LogP contribution in [-0.4, -0.2) is 8.42 Å². The summed E-state index contributed by atoms with van der Waals surface area (Å²) in [5, 5.41) is 8.68. The molecule has 0 aliphatic carbocycles. The molecule has 2 rings (SSSR count). The van der Waals surface area contributed by atoms with E-state index in [1.807, 2.05) is 6.07 Å². The van der Waals surface area contributed by atoms with E-state index in [-0.39, 0.29) is 11.4 Å². The maximum atomic E-state index is 13.8. The first-order chi connectivity index (χ1) is 9.83. The van der Waals surface area contributed by atoms with E-state index < -0.39 is 20.7 Å². The highest BCUT2D eigenvalue weighted by Gasteiger charge is 2.20. The van der Waals surface area contributed by atoms with E-state index in [4.69, 9.17) is 11.0 Å². The average molecular weight is 305 g/mol. The van der Waals surface area contributed by atoms with Crippen LogP contribution in [0.25, 0.3) is 0 Å². The molecule has 7 heteroatoms. The van der Waals surface area contributed by atoms with Crippen LogP contribution in [0.2, 0.25) is 0 Å². The lowest BCUT2D eigenvalue weighted by Crippen LogP contribution is -2.15. The predicted molar refractivity (Wildman–Crippen MR) is 77.5 cm³/mol. The quantitative estimate of drug-likeness (QED) is 0.851. The minimum Gasteiger partial charge on any atom is -0.398 e. The molecule has 2 aromatic rings. The molecule has 2 aromatic carbocycles. The molecule has 0 aromatic heterocycles. The minimum absolute atomic E-state index is 0.191. The Hall–Kier alpha value is -2.59. The third kappa shape index (κ3) is 3.12. The number of benzene rings is 2. The van der Waals surface area contributed by atoms with Crippen molar-refractivity contribution in [1.29, 1.82) is 5.26 Å². The molecule has 0 saturated carbocycles. The average Bonchev–Trinajstić information content (AvgIpc) is 2.43. The van der Waals surface area contributed by atoms with E-state index >= 15 is 0 Å². The zero-order chi connectivity index (χ0) is 15.6. The van der Waals surface area contributed by atoms with Crippen molar-refractivity contribution >= 4 is 21.4 Å². The fourth-order valence-corrected chi connectivity index (χ4v) is 2.85. The van der Waals surface area contributed by atoms with Gasteiger partial charge in [0.1, 0.15) is 10.7 Å². The van der Waals surface area contributed by atoms with Crippen LogP contribution in [-0.2, 0) is 10.0 Å². The zero-order valence-corrected chi connectivity index (χ0v) is 11.9. The van der Waals surface area contributed by atoms with Gasteiger partial charge in [-0.3, -0.25) is 4.72 Å². The maximum absolute atomic E-state index is 13.8. The fourth-order valence-electron chi connectivity index (χ4n) is 1.70. The van der Waals surface area contributed by atoms with Crippen molar-refractivity contribution in [3.8, 4) is 6.07 Å². The SMILES string of the molecule is Cc1cc(F)c(S(=O)(=O)Nc2ccc(C#N)cc2)cc1N. The number of nitriles is 1. The molecule has 0 amide bonds. The largest absolute Gasteiger partial charge is 0.398 e. The Morgan fingerprint density at radius 1 is 1.24 bits per heavy atom. The molecule has 5 nitrogen and oxygen atoms in total. The number of nitrogens with zero attached hydrogens (tertiary/aromatic N) is 1. The van der Waals surface area contributed by atoms with Crippen LogP contribution in [0.1, 0.15) is 11.1 Å². The molecule has 0 radical (unpaired) electrons. The highest BCUT2D eigenvalue weighted by Crippen LogP contribution is 2.23. The van der Waals surface area contributed by atoms with Crippen molar-refractivity contribution in [3.05, 3.63) is 53.3 Å². The molecule has 0 atom stereocenters. The van der Waals surface area contributed by atoms with Gasteiger partial charge in [0, 0.05) is 11.4 Å². The first-order valence-electron chi connectivity index (χ1n) is 5.92. The molecule has 3 N–H and O–H groups in total. The van der Waals surface area contributed by atoms with Crippen molar-refractivity contribution in [3.63, 3.8) is 0 Å². The van der Waals surface area contributed by atoms with Gasteiger partial charge in [-0.15, -0.1) is 0 Å². The van der Waals surface area contributed by atoms with Gasteiger partial charge in [-0.2, -0.15) is 5.26 Å². The van der Waals surface area contributed by atoms with E-state index in [0.717, 1.165) is 12.1 Å². The molecular weight excluding hydrogens is 293 g/mol. The molecule has 0 heterocycles. The number of anilines is 2. The summed E-state index contributed by atoms with van der Waals surface area (Å²) in [7, 11) is -4.09. The second-order valence-electron chi connectivity index (χ2n) is 4.43. The van der Waals surface area contributed by atoms with Gasteiger partial charge in [-0.25, -0.2) is 12.8 Å². The zero-order valence-electron chi connectivity index (χ0n) is 11.1. The van der Waals surface area contributed by atoms with Crippen LogP contribution in [0.3, 0.4) is 0 Å². The summed E-state index contributed by atoms with van der Waals surface area (Å²) in [6.07, 6.45) is 0. The highest BCUT2D eigenvalue weighted by molar-refractivity contribution is 7.92. The molecule has 0 aliphatic rings. The van der Waals surface area contributed by atoms with Gasteiger partial charge in [0.15, 0.2) is 0 Å². The summed E-state index contributed by atoms with van der Waals surface area (Å²) in [5.74, 6) is -0.872. The molecule has 21 heavy (non-hydrogen) atoms. The van der Waals surface area contributed by atoms with Crippen LogP contribution in [0.5, 0.6) is 0 Å². The lowest BCUT2D eigenvalue weighted by Gasteiger charge is -2.10. The third-order valence-electron chi connectivity index (χ3n) is 2.88. The Balaban J connectivity index is 2.38. The normalized spacial score (nSPS) is 10.9. The van der Waals surface area contributed by atoms with E-state index in [1.54, 1.807) is 6.92 Å². The second kappa shape index (κ2) is 5.42. The van der Waals surface area contributed by atoms with Gasteiger partial charge in [0.05, 0.1) is 11.6 Å². The number of aryl methyl sites for hydroxylation is 1. The Morgan fingerprint density at radius 3 is 2.43 bits per heavy atom. The predicted octanol–water partition coefficient (Wildman–Crippen LogP) is 2.39. The number of nitrogens with two attached hydrogens (primary N) is 1. The van der Waals surface area contributed by atoms with Crippen LogP contribution in [0.4, 0.5) is 15.8 Å². The Bertz CT molecular complexity index is 825. The molecule has 0 unspecified atom stereocenters. The van der Waals surface area contributed by atoms with Crippen molar-refractivity contribution in [1.82, 2.24) is 0 Å². The van der Waals surface area contributed by atoms with Gasteiger partial charge in [0.25, 0.3) is 10.0 Å². The van der Waals surface area contributed by atoms with Crippen molar-refractivity contribution in [2.75, 3.05) is 10.5 Å². The van der Waals surface area contributed by atoms with Crippen molar-refractivity contribution in [2.45, 2.75) is 11.8 Å². The Labute approximate surface area is 121 Å². The van der Waals surface area contributed by atoms with E-state index in [2.05, 4.69) is 4.72 Å². The number of halogens is 1. The summed E-state index contributed by atoms with van der Waals surface area (Å²) < 4.78 is 40.4. The summed E-state index contributed by atoms with van der Waals surface area (Å²) in [6, 6.07) is 9.83. The fraction of sp³-hybridized carbons (Fsp3) is 0.0714. The van der Waals surface area contributed by atoms with Crippen molar-refractivity contribution in [2.24, 2.45) is 0 Å². The van der Waals surface area contributed by atoms with Gasteiger partial charge >= 0.3 is 0 Å². The summed E-state index contributed by atoms with van der Waals surface area (Å²) in [4.78, 5) is -0.519. The van der Waals surface area contributed by atoms with Gasteiger partial charge in [-0.05, 0) is 48.9 Å². The molecule has 0 bridgehead atoms. The van der Waals surface area contributed by atoms with E-state index in [9.17, 15) is 12.8 Å². The van der Waals surface area contributed by atoms with E-state index in [1.165, 1.54) is 24.3 Å². The molecule has 0 spiro atoms. The molecule has 0 aliphatic heterocycles. The smallest absolute Gasteiger partial charge is 0.264 e. The lowest BCUT2D eigenvalue weighted by atomic mass is 10.2. The lowest BCUT2D eigenvalue weighted by molar-refractivity contribution is 0.570. The number of sulfonamides is 1. The van der Waals surface area contributed by atoms with Gasteiger partial charge < -0.3 is 5.73 Å². The maximum Gasteiger partial charge on any atom is 0.264 e. The molecule has 0 saturated heterocycles. The Kier molecular flexibility index (Phi) is 3.82. The standard InChI is InChI=1S/C14H12FN3O2S/c1-9-6-12(15)14(7-13(9)17)21(19,20)18-11-4-2-10(8-16)3-5-11/h2-7,18H,17H2,1H3. The summed E-state index contributed by atoms with van der Waals surface area (Å²) >= 11 is 0. The van der Waals surface area contributed by atoms with Gasteiger partial charge in [0.2, 0.25) is 0 Å². The monoisotopic (exact) mass is 305 g/mol. The molecule has 0 fully saturated rings. The number of hydrogen-bond acceptors (Lipinski definition) is 4. The highest BCUT2D eigenvalue weighted by atomic mass is 32.2.